The summed E-state index contributed by atoms with van der Waals surface area (Å²) < 4.78 is 0. The van der Waals surface area contributed by atoms with Crippen LogP contribution in [0.3, 0.4) is 0 Å². The maximum atomic E-state index is 6.20. The molecule has 100 valence electrons. The Labute approximate surface area is 107 Å². The number of hydrogen-bond donors (Lipinski definition) is 1. The summed E-state index contributed by atoms with van der Waals surface area (Å²) in [6.07, 6.45) is 4.03. The molecule has 2 nitrogen and oxygen atoms in total. The molecule has 0 aromatic heterocycles. The molecule has 5 atom stereocenters. The van der Waals surface area contributed by atoms with E-state index >= 15 is 0 Å². The van der Waals surface area contributed by atoms with Crippen molar-refractivity contribution in [3.63, 3.8) is 0 Å². The lowest BCUT2D eigenvalue weighted by molar-refractivity contribution is 0.0128. The largest absolute Gasteiger partial charge is 0.329 e. The molecule has 1 heterocycles. The third kappa shape index (κ3) is 2.26. The van der Waals surface area contributed by atoms with E-state index in [1.807, 2.05) is 0 Å². The molecule has 1 aliphatic heterocycles. The fourth-order valence-electron chi connectivity index (χ4n) is 4.08. The van der Waals surface area contributed by atoms with Crippen LogP contribution < -0.4 is 5.73 Å². The van der Waals surface area contributed by atoms with Gasteiger partial charge in [-0.15, -0.1) is 0 Å². The van der Waals surface area contributed by atoms with Crippen LogP contribution in [-0.4, -0.2) is 30.1 Å². The van der Waals surface area contributed by atoms with E-state index in [4.69, 9.17) is 5.73 Å². The van der Waals surface area contributed by atoms with Crippen LogP contribution in [0.25, 0.3) is 0 Å². The first kappa shape index (κ1) is 13.4. The number of likely N-dealkylation sites (tertiary alicyclic amines) is 1. The lowest BCUT2D eigenvalue weighted by atomic mass is 9.69. The lowest BCUT2D eigenvalue weighted by Gasteiger charge is -2.50. The number of nitrogens with two attached hydrogens (primary N) is 1. The highest BCUT2D eigenvalue weighted by Gasteiger charge is 2.46. The molecule has 0 aromatic carbocycles. The second-order valence-electron chi connectivity index (χ2n) is 6.95. The number of rotatable bonds is 2. The molecule has 2 N–H and O–H groups in total. The Hall–Kier alpha value is -0.0800. The van der Waals surface area contributed by atoms with Crippen molar-refractivity contribution >= 4 is 0 Å². The van der Waals surface area contributed by atoms with Crippen LogP contribution in [0.5, 0.6) is 0 Å². The molecular weight excluding hydrogens is 208 g/mol. The molecule has 0 radical (unpaired) electrons. The monoisotopic (exact) mass is 238 g/mol. The standard InChI is InChI=1S/C15H30N2/c1-11-5-6-15(10-16,14(4)7-11)17-8-12(2)13(3)9-17/h11-14H,5-10,16H2,1-4H3. The van der Waals surface area contributed by atoms with Crippen molar-refractivity contribution < 1.29 is 0 Å². The first-order valence-electron chi connectivity index (χ1n) is 7.44. The van der Waals surface area contributed by atoms with Crippen LogP contribution >= 0.6 is 0 Å². The van der Waals surface area contributed by atoms with Crippen molar-refractivity contribution in [2.45, 2.75) is 52.5 Å². The summed E-state index contributed by atoms with van der Waals surface area (Å²) in [6, 6.07) is 0. The number of hydrogen-bond acceptors (Lipinski definition) is 2. The summed E-state index contributed by atoms with van der Waals surface area (Å²) in [5.41, 5.74) is 6.51. The summed E-state index contributed by atoms with van der Waals surface area (Å²) in [7, 11) is 0. The third-order valence-corrected chi connectivity index (χ3v) is 5.71. The van der Waals surface area contributed by atoms with E-state index in [0.29, 0.717) is 5.54 Å². The van der Waals surface area contributed by atoms with Crippen LogP contribution in [0.2, 0.25) is 0 Å². The average molecular weight is 238 g/mol. The Morgan fingerprint density at radius 1 is 1.12 bits per heavy atom. The topological polar surface area (TPSA) is 29.3 Å². The smallest absolute Gasteiger partial charge is 0.0357 e. The second-order valence-corrected chi connectivity index (χ2v) is 6.95. The molecule has 0 aromatic rings. The van der Waals surface area contributed by atoms with Gasteiger partial charge in [-0.2, -0.15) is 0 Å². The van der Waals surface area contributed by atoms with Gasteiger partial charge >= 0.3 is 0 Å². The molecule has 0 bridgehead atoms. The number of nitrogens with zero attached hydrogens (tertiary/aromatic N) is 1. The van der Waals surface area contributed by atoms with E-state index < -0.39 is 0 Å². The zero-order chi connectivity index (χ0) is 12.6. The SMILES string of the molecule is CC1CCC(CN)(N2CC(C)C(C)C2)C(C)C1. The first-order chi connectivity index (χ1) is 7.99. The van der Waals surface area contributed by atoms with E-state index in [0.717, 1.165) is 30.2 Å². The normalized spacial score (nSPS) is 48.5. The summed E-state index contributed by atoms with van der Waals surface area (Å²) in [4.78, 5) is 2.74. The summed E-state index contributed by atoms with van der Waals surface area (Å²) in [5, 5.41) is 0. The van der Waals surface area contributed by atoms with Gasteiger partial charge in [-0.3, -0.25) is 4.90 Å². The maximum Gasteiger partial charge on any atom is 0.0357 e. The minimum atomic E-state index is 0.311. The molecular formula is C15H30N2. The molecule has 2 heteroatoms. The van der Waals surface area contributed by atoms with Gasteiger partial charge in [0, 0.05) is 25.2 Å². The van der Waals surface area contributed by atoms with E-state index in [2.05, 4.69) is 32.6 Å². The predicted molar refractivity (Wildman–Crippen MR) is 73.9 cm³/mol. The van der Waals surface area contributed by atoms with Crippen molar-refractivity contribution in [1.29, 1.82) is 0 Å². The highest BCUT2D eigenvalue weighted by molar-refractivity contribution is 5.02. The van der Waals surface area contributed by atoms with Gasteiger partial charge in [-0.05, 0) is 42.9 Å². The van der Waals surface area contributed by atoms with E-state index in [1.165, 1.54) is 32.4 Å². The van der Waals surface area contributed by atoms with Crippen molar-refractivity contribution in [3.8, 4) is 0 Å². The minimum Gasteiger partial charge on any atom is -0.329 e. The van der Waals surface area contributed by atoms with E-state index in [1.54, 1.807) is 0 Å². The predicted octanol–water partition coefficient (Wildman–Crippen LogP) is 2.73. The maximum absolute atomic E-state index is 6.20. The van der Waals surface area contributed by atoms with Gasteiger partial charge in [0.1, 0.15) is 0 Å². The Bertz CT molecular complexity index is 256. The summed E-state index contributed by atoms with van der Waals surface area (Å²) in [6.45, 7) is 13.0. The highest BCUT2D eigenvalue weighted by Crippen LogP contribution is 2.43. The second kappa shape index (κ2) is 4.89. The van der Waals surface area contributed by atoms with Gasteiger partial charge in [0.2, 0.25) is 0 Å². The molecule has 0 spiro atoms. The Morgan fingerprint density at radius 2 is 1.71 bits per heavy atom. The fraction of sp³-hybridized carbons (Fsp3) is 1.00. The Morgan fingerprint density at radius 3 is 2.18 bits per heavy atom. The van der Waals surface area contributed by atoms with Crippen LogP contribution in [0, 0.1) is 23.7 Å². The fourth-order valence-corrected chi connectivity index (χ4v) is 4.08. The molecule has 2 fully saturated rings. The lowest BCUT2D eigenvalue weighted by Crippen LogP contribution is -2.59. The quantitative estimate of drug-likeness (QED) is 0.801. The minimum absolute atomic E-state index is 0.311. The van der Waals surface area contributed by atoms with Crippen LogP contribution in [0.1, 0.15) is 47.0 Å². The zero-order valence-corrected chi connectivity index (χ0v) is 12.1. The van der Waals surface area contributed by atoms with Crippen molar-refractivity contribution in [1.82, 2.24) is 4.90 Å². The van der Waals surface area contributed by atoms with Crippen LogP contribution in [0.4, 0.5) is 0 Å². The van der Waals surface area contributed by atoms with Gasteiger partial charge in [0.05, 0.1) is 0 Å². The van der Waals surface area contributed by atoms with Crippen LogP contribution in [-0.2, 0) is 0 Å². The highest BCUT2D eigenvalue weighted by atomic mass is 15.2. The Balaban J connectivity index is 2.14. The molecule has 1 saturated carbocycles. The van der Waals surface area contributed by atoms with E-state index in [9.17, 15) is 0 Å². The molecule has 17 heavy (non-hydrogen) atoms. The Kier molecular flexibility index (Phi) is 3.84. The molecule has 5 unspecified atom stereocenters. The van der Waals surface area contributed by atoms with Gasteiger partial charge < -0.3 is 5.73 Å². The summed E-state index contributed by atoms with van der Waals surface area (Å²) >= 11 is 0. The van der Waals surface area contributed by atoms with Gasteiger partial charge in [0.15, 0.2) is 0 Å². The van der Waals surface area contributed by atoms with Crippen molar-refractivity contribution in [2.24, 2.45) is 29.4 Å². The van der Waals surface area contributed by atoms with Crippen molar-refractivity contribution in [2.75, 3.05) is 19.6 Å². The van der Waals surface area contributed by atoms with E-state index in [-0.39, 0.29) is 0 Å². The molecule has 2 aliphatic rings. The first-order valence-corrected chi connectivity index (χ1v) is 7.44. The molecule has 2 rings (SSSR count). The zero-order valence-electron chi connectivity index (χ0n) is 12.1. The van der Waals surface area contributed by atoms with Gasteiger partial charge in [0.25, 0.3) is 0 Å². The van der Waals surface area contributed by atoms with Crippen LogP contribution in [0.15, 0.2) is 0 Å². The molecule has 1 aliphatic carbocycles. The van der Waals surface area contributed by atoms with Gasteiger partial charge in [-0.25, -0.2) is 0 Å². The molecule has 1 saturated heterocycles. The van der Waals surface area contributed by atoms with Crippen molar-refractivity contribution in [3.05, 3.63) is 0 Å². The van der Waals surface area contributed by atoms with Gasteiger partial charge in [-0.1, -0.05) is 27.7 Å². The average Bonchev–Trinajstić information content (AvgIpc) is 2.60. The molecule has 0 amide bonds. The summed E-state index contributed by atoms with van der Waals surface area (Å²) in [5.74, 6) is 3.32. The third-order valence-electron chi connectivity index (χ3n) is 5.71.